The predicted molar refractivity (Wildman–Crippen MR) is 105 cm³/mol. The zero-order valence-corrected chi connectivity index (χ0v) is 18.1. The lowest BCUT2D eigenvalue weighted by atomic mass is 9.47. The summed E-state index contributed by atoms with van der Waals surface area (Å²) in [5, 5.41) is 0. The second kappa shape index (κ2) is 5.87. The molecule has 4 aliphatic rings. The van der Waals surface area contributed by atoms with Crippen LogP contribution >= 0.6 is 0 Å². The molecular formula is C22H34O3Si. The van der Waals surface area contributed by atoms with Crippen molar-refractivity contribution in [2.24, 2.45) is 28.6 Å². The van der Waals surface area contributed by atoms with Gasteiger partial charge in [0.25, 0.3) is 0 Å². The lowest BCUT2D eigenvalue weighted by molar-refractivity contribution is -0.134. The molecule has 1 unspecified atom stereocenters. The smallest absolute Gasteiger partial charge is 0.184 e. The van der Waals surface area contributed by atoms with Crippen molar-refractivity contribution in [3.05, 3.63) is 11.6 Å². The lowest BCUT2D eigenvalue weighted by Crippen LogP contribution is -2.55. The molecule has 3 fully saturated rings. The summed E-state index contributed by atoms with van der Waals surface area (Å²) in [5.41, 5.74) is 1.26. The van der Waals surface area contributed by atoms with Gasteiger partial charge in [0.05, 0.1) is 6.10 Å². The first kappa shape index (κ1) is 18.6. The van der Waals surface area contributed by atoms with Crippen molar-refractivity contribution >= 4 is 19.9 Å². The molecule has 0 aliphatic heterocycles. The Morgan fingerprint density at radius 3 is 2.38 bits per heavy atom. The maximum absolute atomic E-state index is 12.6. The largest absolute Gasteiger partial charge is 0.411 e. The zero-order chi connectivity index (χ0) is 18.9. The molecule has 4 heteroatoms. The van der Waals surface area contributed by atoms with Gasteiger partial charge in [0.2, 0.25) is 0 Å². The van der Waals surface area contributed by atoms with E-state index in [0.29, 0.717) is 30.0 Å². The SMILES string of the molecule is C[C@]12CCC(=O)C=C1C(O[Si](C)(C)C)C[C@@H]1[C@@H]2CC[C@]2(C)C(=O)CC[C@@H]12. The summed E-state index contributed by atoms with van der Waals surface area (Å²) < 4.78 is 6.65. The molecule has 6 atom stereocenters. The molecule has 3 saturated carbocycles. The van der Waals surface area contributed by atoms with Gasteiger partial charge < -0.3 is 4.43 Å². The first-order valence-corrected chi connectivity index (χ1v) is 13.9. The number of rotatable bonds is 2. The molecule has 26 heavy (non-hydrogen) atoms. The summed E-state index contributed by atoms with van der Waals surface area (Å²) in [4.78, 5) is 24.9. The second-order valence-electron chi connectivity index (χ2n) is 10.7. The van der Waals surface area contributed by atoms with E-state index in [0.717, 1.165) is 38.5 Å². The third-order valence-electron chi connectivity index (χ3n) is 8.16. The number of fused-ring (bicyclic) bond motifs is 5. The van der Waals surface area contributed by atoms with E-state index < -0.39 is 8.32 Å². The molecule has 0 amide bonds. The van der Waals surface area contributed by atoms with Gasteiger partial charge in [-0.25, -0.2) is 0 Å². The van der Waals surface area contributed by atoms with Crippen LogP contribution in [0.15, 0.2) is 11.6 Å². The molecule has 144 valence electrons. The lowest BCUT2D eigenvalue weighted by Gasteiger charge is -2.59. The van der Waals surface area contributed by atoms with Crippen molar-refractivity contribution in [1.82, 2.24) is 0 Å². The third kappa shape index (κ3) is 2.71. The van der Waals surface area contributed by atoms with Crippen LogP contribution in [-0.2, 0) is 14.0 Å². The maximum Gasteiger partial charge on any atom is 0.184 e. The maximum atomic E-state index is 12.6. The fourth-order valence-corrected chi connectivity index (χ4v) is 7.97. The number of hydrogen-bond donors (Lipinski definition) is 0. The van der Waals surface area contributed by atoms with Crippen LogP contribution in [0.5, 0.6) is 0 Å². The fraction of sp³-hybridized carbons (Fsp3) is 0.818. The highest BCUT2D eigenvalue weighted by Gasteiger charge is 2.61. The van der Waals surface area contributed by atoms with E-state index in [2.05, 4.69) is 33.5 Å². The minimum absolute atomic E-state index is 0.0775. The van der Waals surface area contributed by atoms with Crippen LogP contribution in [-0.4, -0.2) is 26.0 Å². The summed E-state index contributed by atoms with van der Waals surface area (Å²) in [7, 11) is -1.72. The van der Waals surface area contributed by atoms with E-state index in [-0.39, 0.29) is 22.7 Å². The van der Waals surface area contributed by atoms with Gasteiger partial charge in [-0.1, -0.05) is 13.8 Å². The molecule has 3 nitrogen and oxygen atoms in total. The highest BCUT2D eigenvalue weighted by molar-refractivity contribution is 6.69. The predicted octanol–water partition coefficient (Wildman–Crippen LogP) is 4.92. The molecule has 0 saturated heterocycles. The Bertz CT molecular complexity index is 675. The van der Waals surface area contributed by atoms with Gasteiger partial charge in [-0.15, -0.1) is 0 Å². The van der Waals surface area contributed by atoms with Gasteiger partial charge in [-0.05, 0) is 86.6 Å². The molecule has 0 aromatic heterocycles. The monoisotopic (exact) mass is 374 g/mol. The summed E-state index contributed by atoms with van der Waals surface area (Å²) in [6.45, 7) is 11.3. The Morgan fingerprint density at radius 2 is 1.69 bits per heavy atom. The van der Waals surface area contributed by atoms with Crippen LogP contribution in [0.3, 0.4) is 0 Å². The molecule has 4 aliphatic carbocycles. The number of hydrogen-bond acceptors (Lipinski definition) is 3. The standard InChI is InChI=1S/C22H34O3Si/c1-21-10-8-14(23)12-18(21)19(25-26(3,4)5)13-15-16-6-7-20(24)22(16,2)11-9-17(15)21/h12,15-17,19H,6-11,13H2,1-5H3/t15-,16-,17-,19?,21+,22-/m0/s1. The Balaban J connectivity index is 1.75. The molecule has 0 aromatic carbocycles. The molecular weight excluding hydrogens is 340 g/mol. The first-order chi connectivity index (χ1) is 12.0. The molecule has 0 radical (unpaired) electrons. The van der Waals surface area contributed by atoms with E-state index in [4.69, 9.17) is 4.43 Å². The Kier molecular flexibility index (Phi) is 4.21. The number of ketones is 2. The van der Waals surface area contributed by atoms with E-state index >= 15 is 0 Å². The Hall–Kier alpha value is -0.743. The summed E-state index contributed by atoms with van der Waals surface area (Å²) in [5.74, 6) is 2.45. The van der Waals surface area contributed by atoms with E-state index in [1.165, 1.54) is 5.57 Å². The van der Waals surface area contributed by atoms with Crippen molar-refractivity contribution in [3.63, 3.8) is 0 Å². The number of Topliss-reactive ketones (excluding diaryl/α,β-unsaturated/α-hetero) is 1. The summed E-state index contributed by atoms with van der Waals surface area (Å²) in [6, 6.07) is 0. The fourth-order valence-electron chi connectivity index (χ4n) is 6.89. The van der Waals surface area contributed by atoms with Crippen LogP contribution < -0.4 is 0 Å². The second-order valence-corrected chi connectivity index (χ2v) is 15.2. The molecule has 4 rings (SSSR count). The highest BCUT2D eigenvalue weighted by Crippen LogP contribution is 2.64. The minimum atomic E-state index is -1.72. The molecule has 0 spiro atoms. The number of carbonyl (C=O) groups is 2. The van der Waals surface area contributed by atoms with Crippen LogP contribution in [0.1, 0.15) is 58.8 Å². The summed E-state index contributed by atoms with van der Waals surface area (Å²) in [6.07, 6.45) is 8.65. The van der Waals surface area contributed by atoms with Crippen LogP contribution in [0, 0.1) is 28.6 Å². The third-order valence-corrected chi connectivity index (χ3v) is 9.15. The topological polar surface area (TPSA) is 43.4 Å². The van der Waals surface area contributed by atoms with Crippen LogP contribution in [0.25, 0.3) is 0 Å². The highest BCUT2D eigenvalue weighted by atomic mass is 28.4. The van der Waals surface area contributed by atoms with E-state index in [1.807, 2.05) is 6.08 Å². The van der Waals surface area contributed by atoms with Gasteiger partial charge >= 0.3 is 0 Å². The Morgan fingerprint density at radius 1 is 1.00 bits per heavy atom. The van der Waals surface area contributed by atoms with Gasteiger partial charge in [0.15, 0.2) is 14.1 Å². The molecule has 0 bridgehead atoms. The van der Waals surface area contributed by atoms with Gasteiger partial charge in [-0.2, -0.15) is 0 Å². The van der Waals surface area contributed by atoms with Crippen molar-refractivity contribution in [2.75, 3.05) is 0 Å². The average molecular weight is 375 g/mol. The van der Waals surface area contributed by atoms with Crippen LogP contribution in [0.2, 0.25) is 19.6 Å². The van der Waals surface area contributed by atoms with E-state index in [9.17, 15) is 9.59 Å². The molecule has 0 N–H and O–H groups in total. The molecule has 0 heterocycles. The molecule has 0 aromatic rings. The van der Waals surface area contributed by atoms with Crippen molar-refractivity contribution in [2.45, 2.75) is 84.5 Å². The Labute approximate surface area is 159 Å². The van der Waals surface area contributed by atoms with Crippen LogP contribution in [0.4, 0.5) is 0 Å². The minimum Gasteiger partial charge on any atom is -0.411 e. The zero-order valence-electron chi connectivity index (χ0n) is 17.1. The van der Waals surface area contributed by atoms with Gasteiger partial charge in [0.1, 0.15) is 5.78 Å². The van der Waals surface area contributed by atoms with E-state index in [1.54, 1.807) is 0 Å². The first-order valence-electron chi connectivity index (χ1n) is 10.5. The van der Waals surface area contributed by atoms with Crippen molar-refractivity contribution in [3.8, 4) is 0 Å². The average Bonchev–Trinajstić information content (AvgIpc) is 2.83. The normalized spacial score (nSPS) is 45.7. The van der Waals surface area contributed by atoms with Crippen molar-refractivity contribution < 1.29 is 14.0 Å². The summed E-state index contributed by atoms with van der Waals surface area (Å²) >= 11 is 0. The van der Waals surface area contributed by atoms with Crippen molar-refractivity contribution in [1.29, 1.82) is 0 Å². The van der Waals surface area contributed by atoms with Gasteiger partial charge in [0, 0.05) is 18.3 Å². The quantitative estimate of drug-likeness (QED) is 0.645. The number of carbonyl (C=O) groups excluding carboxylic acids is 2. The van der Waals surface area contributed by atoms with Gasteiger partial charge in [-0.3, -0.25) is 9.59 Å².